The molecular formula is C10H25N3O2. The maximum absolute atomic E-state index is 8.57. The average molecular weight is 219 g/mol. The van der Waals surface area contributed by atoms with Crippen LogP contribution in [0.1, 0.15) is 19.3 Å². The Morgan fingerprint density at radius 1 is 0.867 bits per heavy atom. The molecule has 0 aliphatic rings. The summed E-state index contributed by atoms with van der Waals surface area (Å²) in [4.78, 5) is 0. The van der Waals surface area contributed by atoms with Gasteiger partial charge < -0.3 is 26.2 Å². The van der Waals surface area contributed by atoms with Crippen LogP contribution in [0.5, 0.6) is 0 Å². The molecule has 0 amide bonds. The first-order valence-electron chi connectivity index (χ1n) is 5.69. The molecule has 0 aromatic heterocycles. The summed E-state index contributed by atoms with van der Waals surface area (Å²) in [5, 5.41) is 26.7. The Balaban J connectivity index is 2.87. The fourth-order valence-electron chi connectivity index (χ4n) is 1.21. The van der Waals surface area contributed by atoms with Crippen LogP contribution < -0.4 is 16.0 Å². The number of aliphatic hydroxyl groups excluding tert-OH is 1. The van der Waals surface area contributed by atoms with E-state index < -0.39 is 6.29 Å². The molecular weight excluding hydrogens is 194 g/mol. The van der Waals surface area contributed by atoms with Gasteiger partial charge >= 0.3 is 0 Å². The van der Waals surface area contributed by atoms with Gasteiger partial charge in [0.2, 0.25) is 0 Å². The highest BCUT2D eigenvalue weighted by molar-refractivity contribution is 4.53. The molecule has 0 saturated carbocycles. The molecule has 0 aromatic carbocycles. The minimum absolute atomic E-state index is 0.398. The van der Waals surface area contributed by atoms with Gasteiger partial charge in [-0.25, -0.2) is 0 Å². The highest BCUT2D eigenvalue weighted by Crippen LogP contribution is 1.82. The van der Waals surface area contributed by atoms with Crippen molar-refractivity contribution in [2.75, 3.05) is 39.8 Å². The molecule has 0 aliphatic carbocycles. The van der Waals surface area contributed by atoms with Crippen LogP contribution in [0.2, 0.25) is 0 Å². The smallest absolute Gasteiger partial charge is 0.152 e. The summed E-state index contributed by atoms with van der Waals surface area (Å²) < 4.78 is 0. The molecule has 0 fully saturated rings. The van der Waals surface area contributed by atoms with Gasteiger partial charge in [-0.05, 0) is 52.6 Å². The van der Waals surface area contributed by atoms with Crippen LogP contribution in [0.3, 0.4) is 0 Å². The molecule has 0 bridgehead atoms. The third-order valence-corrected chi connectivity index (χ3v) is 2.07. The second-order valence-electron chi connectivity index (χ2n) is 3.58. The van der Waals surface area contributed by atoms with Gasteiger partial charge in [0.1, 0.15) is 0 Å². The lowest BCUT2D eigenvalue weighted by Gasteiger charge is -2.07. The molecule has 0 atom stereocenters. The standard InChI is InChI=1S/C10H25N3O2/c1-11-5-2-6-12-7-3-8-13-9-4-10(14)15/h10-15H,2-9H2,1H3. The van der Waals surface area contributed by atoms with Crippen LogP contribution in [-0.2, 0) is 0 Å². The van der Waals surface area contributed by atoms with E-state index in [2.05, 4.69) is 16.0 Å². The second-order valence-corrected chi connectivity index (χ2v) is 3.58. The molecule has 0 heterocycles. The molecule has 5 nitrogen and oxygen atoms in total. The summed E-state index contributed by atoms with van der Waals surface area (Å²) in [7, 11) is 1.96. The van der Waals surface area contributed by atoms with E-state index in [-0.39, 0.29) is 0 Å². The molecule has 0 aliphatic heterocycles. The Hall–Kier alpha value is -0.200. The van der Waals surface area contributed by atoms with Gasteiger partial charge in [0.05, 0.1) is 0 Å². The third kappa shape index (κ3) is 13.8. The van der Waals surface area contributed by atoms with Crippen LogP contribution in [-0.4, -0.2) is 56.3 Å². The van der Waals surface area contributed by atoms with Gasteiger partial charge in [-0.15, -0.1) is 0 Å². The molecule has 5 N–H and O–H groups in total. The van der Waals surface area contributed by atoms with E-state index in [1.807, 2.05) is 7.05 Å². The van der Waals surface area contributed by atoms with E-state index in [9.17, 15) is 0 Å². The summed E-state index contributed by atoms with van der Waals surface area (Å²) in [5.41, 5.74) is 0. The fourth-order valence-corrected chi connectivity index (χ4v) is 1.21. The normalized spacial score (nSPS) is 11.2. The van der Waals surface area contributed by atoms with Crippen LogP contribution in [0.25, 0.3) is 0 Å². The topological polar surface area (TPSA) is 76.5 Å². The largest absolute Gasteiger partial charge is 0.368 e. The van der Waals surface area contributed by atoms with Gasteiger partial charge in [-0.2, -0.15) is 0 Å². The minimum Gasteiger partial charge on any atom is -0.368 e. The second kappa shape index (κ2) is 11.9. The first-order valence-corrected chi connectivity index (χ1v) is 5.69. The number of nitrogens with one attached hydrogen (secondary N) is 3. The van der Waals surface area contributed by atoms with Crippen LogP contribution in [0.15, 0.2) is 0 Å². The fraction of sp³-hybridized carbons (Fsp3) is 1.00. The molecule has 0 radical (unpaired) electrons. The van der Waals surface area contributed by atoms with Crippen molar-refractivity contribution in [2.24, 2.45) is 0 Å². The van der Waals surface area contributed by atoms with Gasteiger partial charge in [0.25, 0.3) is 0 Å². The SMILES string of the molecule is CNCCCNCCCNCCC(O)O. The van der Waals surface area contributed by atoms with Gasteiger partial charge in [-0.3, -0.25) is 0 Å². The first kappa shape index (κ1) is 14.8. The highest BCUT2D eigenvalue weighted by Gasteiger charge is 1.95. The van der Waals surface area contributed by atoms with Crippen molar-refractivity contribution in [1.82, 2.24) is 16.0 Å². The maximum Gasteiger partial charge on any atom is 0.152 e. The molecule has 0 saturated heterocycles. The van der Waals surface area contributed by atoms with E-state index in [1.54, 1.807) is 0 Å². The van der Waals surface area contributed by atoms with Crippen molar-refractivity contribution in [3.05, 3.63) is 0 Å². The number of aliphatic hydroxyl groups is 2. The summed E-state index contributed by atoms with van der Waals surface area (Å²) in [6.45, 7) is 4.71. The summed E-state index contributed by atoms with van der Waals surface area (Å²) in [5.74, 6) is 0. The Bertz CT molecular complexity index is 123. The van der Waals surface area contributed by atoms with Crippen molar-refractivity contribution in [3.8, 4) is 0 Å². The zero-order valence-electron chi connectivity index (χ0n) is 9.63. The van der Waals surface area contributed by atoms with E-state index in [0.29, 0.717) is 13.0 Å². The predicted molar refractivity (Wildman–Crippen MR) is 61.7 cm³/mol. The molecule has 15 heavy (non-hydrogen) atoms. The van der Waals surface area contributed by atoms with E-state index in [0.717, 1.165) is 39.0 Å². The van der Waals surface area contributed by atoms with Crippen LogP contribution >= 0.6 is 0 Å². The monoisotopic (exact) mass is 219 g/mol. The van der Waals surface area contributed by atoms with Gasteiger partial charge in [0, 0.05) is 6.42 Å². The lowest BCUT2D eigenvalue weighted by atomic mass is 10.3. The van der Waals surface area contributed by atoms with E-state index in [1.165, 1.54) is 0 Å². The lowest BCUT2D eigenvalue weighted by molar-refractivity contribution is -0.0443. The number of hydrogen-bond donors (Lipinski definition) is 5. The first-order chi connectivity index (χ1) is 7.27. The highest BCUT2D eigenvalue weighted by atomic mass is 16.5. The number of hydrogen-bond acceptors (Lipinski definition) is 5. The number of rotatable bonds is 11. The zero-order valence-corrected chi connectivity index (χ0v) is 9.63. The quantitative estimate of drug-likeness (QED) is 0.224. The summed E-state index contributed by atoms with van der Waals surface area (Å²) in [6.07, 6.45) is 1.44. The molecule has 0 unspecified atom stereocenters. The zero-order chi connectivity index (χ0) is 11.4. The lowest BCUT2D eigenvalue weighted by Crippen LogP contribution is -2.26. The van der Waals surface area contributed by atoms with Crippen molar-refractivity contribution in [2.45, 2.75) is 25.6 Å². The molecule has 92 valence electrons. The average Bonchev–Trinajstić information content (AvgIpc) is 2.20. The molecule has 5 heteroatoms. The van der Waals surface area contributed by atoms with E-state index >= 15 is 0 Å². The Morgan fingerprint density at radius 3 is 1.93 bits per heavy atom. The Morgan fingerprint density at radius 2 is 1.40 bits per heavy atom. The van der Waals surface area contributed by atoms with Crippen LogP contribution in [0, 0.1) is 0 Å². The Kier molecular flexibility index (Phi) is 11.7. The van der Waals surface area contributed by atoms with Gasteiger partial charge in [-0.1, -0.05) is 0 Å². The summed E-state index contributed by atoms with van der Waals surface area (Å²) in [6, 6.07) is 0. The van der Waals surface area contributed by atoms with Crippen molar-refractivity contribution in [1.29, 1.82) is 0 Å². The molecule has 0 aromatic rings. The minimum atomic E-state index is -1.18. The van der Waals surface area contributed by atoms with Gasteiger partial charge in [0.15, 0.2) is 6.29 Å². The van der Waals surface area contributed by atoms with Crippen molar-refractivity contribution >= 4 is 0 Å². The Labute approximate surface area is 92.3 Å². The van der Waals surface area contributed by atoms with Crippen LogP contribution in [0.4, 0.5) is 0 Å². The van der Waals surface area contributed by atoms with E-state index in [4.69, 9.17) is 10.2 Å². The predicted octanol–water partition coefficient (Wildman–Crippen LogP) is -1.13. The maximum atomic E-state index is 8.57. The summed E-state index contributed by atoms with van der Waals surface area (Å²) >= 11 is 0. The van der Waals surface area contributed by atoms with Crippen molar-refractivity contribution in [3.63, 3.8) is 0 Å². The molecule has 0 spiro atoms. The molecule has 0 rings (SSSR count). The van der Waals surface area contributed by atoms with Crippen molar-refractivity contribution < 1.29 is 10.2 Å². The third-order valence-electron chi connectivity index (χ3n) is 2.07.